The van der Waals surface area contributed by atoms with Crippen LogP contribution in [-0.2, 0) is 37.5 Å². The second-order valence-electron chi connectivity index (χ2n) is 13.4. The minimum Gasteiger partial charge on any atom is -0.480 e. The Labute approximate surface area is 326 Å². The number of unbranched alkanes of at least 4 members (excludes halogenated alkanes) is 13. The highest BCUT2D eigenvalue weighted by molar-refractivity contribution is 7.47. The molecule has 0 heterocycles. The van der Waals surface area contributed by atoms with E-state index in [9.17, 15) is 23.8 Å². The molecule has 0 aliphatic carbocycles. The van der Waals surface area contributed by atoms with Gasteiger partial charge in [-0.25, -0.2) is 4.57 Å². The van der Waals surface area contributed by atoms with Gasteiger partial charge in [-0.15, -0.1) is 0 Å². The SMILES string of the molecule is CC/C=C/C/C=C/C/C=C/C/C=C/C/C=C/CCCCCC(=O)OC[C@@H](COP(=O)(O)OC[C@@H](N)C(=O)O)OC(=O)CCCCCCCCCCCCC. The van der Waals surface area contributed by atoms with Gasteiger partial charge in [-0.1, -0.05) is 145 Å². The Hall–Kier alpha value is -2.82. The minimum atomic E-state index is -4.72. The van der Waals surface area contributed by atoms with E-state index < -0.39 is 51.1 Å². The van der Waals surface area contributed by atoms with Crippen molar-refractivity contribution in [3.8, 4) is 0 Å². The Balaban J connectivity index is 4.44. The van der Waals surface area contributed by atoms with Gasteiger partial charge in [0.1, 0.15) is 12.6 Å². The first-order valence-corrected chi connectivity index (χ1v) is 21.8. The number of carbonyl (C=O) groups is 3. The van der Waals surface area contributed by atoms with E-state index in [1.54, 1.807) is 0 Å². The Bertz CT molecular complexity index is 1150. The summed E-state index contributed by atoms with van der Waals surface area (Å²) < 4.78 is 32.6. The number of allylic oxidation sites excluding steroid dienone is 10. The zero-order valence-electron chi connectivity index (χ0n) is 33.3. The Kier molecular flexibility index (Phi) is 35.2. The van der Waals surface area contributed by atoms with Crippen LogP contribution < -0.4 is 5.73 Å². The van der Waals surface area contributed by atoms with E-state index in [-0.39, 0.29) is 19.4 Å². The van der Waals surface area contributed by atoms with Crippen molar-refractivity contribution < 1.29 is 47.5 Å². The van der Waals surface area contributed by atoms with E-state index in [1.807, 2.05) is 0 Å². The quantitative estimate of drug-likeness (QED) is 0.0237. The fraction of sp³-hybridized carbons (Fsp3) is 0.690. The van der Waals surface area contributed by atoms with Crippen LogP contribution in [0.4, 0.5) is 0 Å². The molecule has 0 saturated heterocycles. The fourth-order valence-corrected chi connectivity index (χ4v) is 5.87. The normalized spacial score (nSPS) is 14.4. The molecule has 11 nitrogen and oxygen atoms in total. The smallest absolute Gasteiger partial charge is 0.472 e. The van der Waals surface area contributed by atoms with Crippen LogP contribution in [0, 0.1) is 0 Å². The molecule has 0 fully saturated rings. The summed E-state index contributed by atoms with van der Waals surface area (Å²) in [6, 6.07) is -1.53. The number of carboxylic acids is 1. The monoisotopic (exact) mass is 781 g/mol. The molecule has 0 amide bonds. The second-order valence-corrected chi connectivity index (χ2v) is 14.8. The van der Waals surface area contributed by atoms with Crippen LogP contribution in [0.25, 0.3) is 0 Å². The van der Waals surface area contributed by atoms with Gasteiger partial charge in [-0.05, 0) is 57.8 Å². The largest absolute Gasteiger partial charge is 0.480 e. The number of hydrogen-bond acceptors (Lipinski definition) is 9. The molecule has 310 valence electrons. The van der Waals surface area contributed by atoms with Crippen LogP contribution in [0.2, 0.25) is 0 Å². The van der Waals surface area contributed by atoms with Crippen LogP contribution in [0.1, 0.15) is 155 Å². The van der Waals surface area contributed by atoms with Gasteiger partial charge in [-0.2, -0.15) is 0 Å². The number of aliphatic carboxylic acids is 1. The second kappa shape index (κ2) is 37.1. The maximum Gasteiger partial charge on any atom is 0.472 e. The number of ether oxygens (including phenoxy) is 2. The maximum atomic E-state index is 12.6. The maximum absolute atomic E-state index is 12.6. The van der Waals surface area contributed by atoms with E-state index in [2.05, 4.69) is 79.1 Å². The molecule has 54 heavy (non-hydrogen) atoms. The highest BCUT2D eigenvalue weighted by Gasteiger charge is 2.28. The standard InChI is InChI=1S/C42H72NO10P/c1-3-5-7-9-11-13-15-16-17-18-19-20-21-22-24-25-27-29-31-33-40(44)50-35-38(36-51-54(48,49)52-37-39(43)42(46)47)53-41(45)34-32-30-28-26-23-14-12-10-8-6-4-2/h5,7,11,13,16-17,19-20,22,24,38-39H,3-4,6,8-10,12,14-15,18,21,23,25-37,43H2,1-2H3,(H,46,47)(H,48,49)/b7-5+,13-11+,17-16+,20-19+,24-22+/t38-,39+/m0/s1. The summed E-state index contributed by atoms with van der Waals surface area (Å²) in [5, 5.41) is 8.87. The molecule has 3 atom stereocenters. The number of carboxylic acid groups (broad SMARTS) is 1. The molecule has 0 aromatic carbocycles. The average Bonchev–Trinajstić information content (AvgIpc) is 3.14. The Morgan fingerprint density at radius 2 is 1.04 bits per heavy atom. The zero-order chi connectivity index (χ0) is 40.0. The van der Waals surface area contributed by atoms with Crippen molar-refractivity contribution in [3.63, 3.8) is 0 Å². The Morgan fingerprint density at radius 1 is 0.593 bits per heavy atom. The van der Waals surface area contributed by atoms with Crippen molar-refractivity contribution in [2.45, 2.75) is 167 Å². The number of rotatable bonds is 37. The average molecular weight is 782 g/mol. The molecule has 0 aromatic heterocycles. The Morgan fingerprint density at radius 3 is 1.56 bits per heavy atom. The van der Waals surface area contributed by atoms with E-state index in [4.69, 9.17) is 24.8 Å². The van der Waals surface area contributed by atoms with Crippen molar-refractivity contribution in [2.75, 3.05) is 19.8 Å². The first-order chi connectivity index (χ1) is 26.1. The van der Waals surface area contributed by atoms with Crippen molar-refractivity contribution >= 4 is 25.7 Å². The summed E-state index contributed by atoms with van der Waals surface area (Å²) in [7, 11) is -4.72. The third-order valence-electron chi connectivity index (χ3n) is 8.28. The van der Waals surface area contributed by atoms with E-state index >= 15 is 0 Å². The molecule has 0 bridgehead atoms. The summed E-state index contributed by atoms with van der Waals surface area (Å²) in [6.45, 7) is 2.62. The van der Waals surface area contributed by atoms with Crippen molar-refractivity contribution in [1.82, 2.24) is 0 Å². The van der Waals surface area contributed by atoms with Gasteiger partial charge in [0.2, 0.25) is 0 Å². The first-order valence-electron chi connectivity index (χ1n) is 20.3. The predicted octanol–water partition coefficient (Wildman–Crippen LogP) is 10.4. The number of nitrogens with two attached hydrogens (primary N) is 1. The van der Waals surface area contributed by atoms with Gasteiger partial charge in [-0.3, -0.25) is 23.4 Å². The lowest BCUT2D eigenvalue weighted by molar-refractivity contribution is -0.161. The lowest BCUT2D eigenvalue weighted by Crippen LogP contribution is -2.34. The van der Waals surface area contributed by atoms with Gasteiger partial charge in [0.15, 0.2) is 6.10 Å². The van der Waals surface area contributed by atoms with Crippen LogP contribution >= 0.6 is 7.82 Å². The summed E-state index contributed by atoms with van der Waals surface area (Å²) in [5.74, 6) is -2.43. The van der Waals surface area contributed by atoms with Crippen molar-refractivity contribution in [2.24, 2.45) is 5.73 Å². The molecule has 12 heteroatoms. The molecule has 0 radical (unpaired) electrons. The lowest BCUT2D eigenvalue weighted by atomic mass is 10.1. The topological polar surface area (TPSA) is 172 Å². The minimum absolute atomic E-state index is 0.153. The van der Waals surface area contributed by atoms with Gasteiger partial charge in [0, 0.05) is 12.8 Å². The van der Waals surface area contributed by atoms with Crippen LogP contribution in [-0.4, -0.2) is 59.9 Å². The molecule has 0 spiro atoms. The molecule has 0 aliphatic heterocycles. The lowest BCUT2D eigenvalue weighted by Gasteiger charge is -2.20. The third-order valence-corrected chi connectivity index (χ3v) is 9.23. The van der Waals surface area contributed by atoms with Gasteiger partial charge >= 0.3 is 25.7 Å². The molecule has 0 saturated carbocycles. The molecule has 0 aromatic rings. The number of hydrogen-bond donors (Lipinski definition) is 3. The van der Waals surface area contributed by atoms with E-state index in [0.29, 0.717) is 12.8 Å². The van der Waals surface area contributed by atoms with Crippen LogP contribution in [0.3, 0.4) is 0 Å². The number of esters is 2. The molecule has 4 N–H and O–H groups in total. The highest BCUT2D eigenvalue weighted by Crippen LogP contribution is 2.43. The molecular formula is C42H72NO10P. The number of phosphoric ester groups is 1. The summed E-state index contributed by atoms with van der Waals surface area (Å²) in [4.78, 5) is 45.8. The molecular weight excluding hydrogens is 709 g/mol. The molecule has 1 unspecified atom stereocenters. The van der Waals surface area contributed by atoms with Crippen molar-refractivity contribution in [3.05, 3.63) is 60.8 Å². The van der Waals surface area contributed by atoms with Gasteiger partial charge in [0.05, 0.1) is 13.2 Å². The molecule has 0 aliphatic rings. The summed E-state index contributed by atoms with van der Waals surface area (Å²) >= 11 is 0. The van der Waals surface area contributed by atoms with Crippen molar-refractivity contribution in [1.29, 1.82) is 0 Å². The van der Waals surface area contributed by atoms with E-state index in [1.165, 1.54) is 44.9 Å². The number of carbonyl (C=O) groups excluding carboxylic acids is 2. The summed E-state index contributed by atoms with van der Waals surface area (Å²) in [6.07, 6.45) is 41.5. The third kappa shape index (κ3) is 36.2. The van der Waals surface area contributed by atoms with Crippen LogP contribution in [0.5, 0.6) is 0 Å². The van der Waals surface area contributed by atoms with Gasteiger partial charge < -0.3 is 25.2 Å². The highest BCUT2D eigenvalue weighted by atomic mass is 31.2. The predicted molar refractivity (Wildman–Crippen MR) is 217 cm³/mol. The zero-order valence-corrected chi connectivity index (χ0v) is 34.2. The van der Waals surface area contributed by atoms with Gasteiger partial charge in [0.25, 0.3) is 0 Å². The number of phosphoric acid groups is 1. The van der Waals surface area contributed by atoms with E-state index in [0.717, 1.165) is 70.6 Å². The molecule has 0 rings (SSSR count). The van der Waals surface area contributed by atoms with Crippen LogP contribution in [0.15, 0.2) is 60.8 Å². The fourth-order valence-electron chi connectivity index (χ4n) is 5.09. The summed E-state index contributed by atoms with van der Waals surface area (Å²) in [5.41, 5.74) is 5.32. The first kappa shape index (κ1) is 51.2.